The Morgan fingerprint density at radius 3 is 1.55 bits per heavy atom. The summed E-state index contributed by atoms with van der Waals surface area (Å²) < 4.78 is 1.51. The third-order valence-electron chi connectivity index (χ3n) is 2.04. The zero-order chi connectivity index (χ0) is 15.1. The van der Waals surface area contributed by atoms with Crippen molar-refractivity contribution in [3.63, 3.8) is 0 Å². The maximum atomic E-state index is 3.12. The molecule has 0 unspecified atom stereocenters. The van der Waals surface area contributed by atoms with Crippen molar-refractivity contribution in [1.29, 1.82) is 0 Å². The molecule has 0 nitrogen and oxygen atoms in total. The maximum Gasteiger partial charge on any atom is -0.109 e. The van der Waals surface area contributed by atoms with Crippen LogP contribution in [0.3, 0.4) is 0 Å². The number of hydrogen-bond donors (Lipinski definition) is 0. The maximum absolute atomic E-state index is 3.12. The smallest absolute Gasteiger partial charge is 0.109 e. The van der Waals surface area contributed by atoms with Crippen molar-refractivity contribution >= 4 is 3.21 Å². The topological polar surface area (TPSA) is 0 Å². The minimum atomic E-state index is 1.01. The summed E-state index contributed by atoms with van der Waals surface area (Å²) in [6, 6.07) is 0. The molecule has 0 heterocycles. The summed E-state index contributed by atoms with van der Waals surface area (Å²) in [5, 5.41) is 0. The van der Waals surface area contributed by atoms with Crippen molar-refractivity contribution in [2.45, 2.75) is 40.0 Å². The normalized spacial score (nSPS) is 15.6. The van der Waals surface area contributed by atoms with Crippen molar-refractivity contribution in [3.05, 3.63) is 72.4 Å². The number of rotatable bonds is 0. The molecule has 20 heavy (non-hydrogen) atoms. The van der Waals surface area contributed by atoms with Gasteiger partial charge in [-0.15, -0.1) is 19.3 Å². The molecule has 0 aliphatic heterocycles. The zero-order valence-corrected chi connectivity index (χ0v) is 15.2. The molecule has 106 valence electrons. The van der Waals surface area contributed by atoms with Gasteiger partial charge in [0, 0.05) is 0 Å². The molecule has 0 saturated heterocycles. The first kappa shape index (κ1) is 19.2. The molecule has 3 aliphatic rings. The van der Waals surface area contributed by atoms with Gasteiger partial charge in [-0.05, 0) is 0 Å². The SMILES string of the molecule is CC1=[C-]CC=C1.C[C](C)=[Zr].[C-]1=CC=CC1.[C-]1=CC=CC1. The van der Waals surface area contributed by atoms with Crippen LogP contribution in [0.5, 0.6) is 0 Å². The van der Waals surface area contributed by atoms with Gasteiger partial charge in [-0.25, -0.2) is 36.0 Å². The molecule has 0 radical (unpaired) electrons. The fraction of sp³-hybridized carbons (Fsp3) is 0.316. The van der Waals surface area contributed by atoms with Crippen LogP contribution >= 0.6 is 0 Å². The second-order valence-electron chi connectivity index (χ2n) is 4.47. The van der Waals surface area contributed by atoms with Crippen molar-refractivity contribution in [2.75, 3.05) is 0 Å². The van der Waals surface area contributed by atoms with Crippen LogP contribution in [-0.2, 0) is 24.2 Å². The average Bonchev–Trinajstić information content (AvgIpc) is 3.17. The van der Waals surface area contributed by atoms with E-state index in [-0.39, 0.29) is 0 Å². The first-order chi connectivity index (χ1) is 9.63. The number of allylic oxidation sites excluding steroid dienone is 12. The molecule has 0 aromatic carbocycles. The number of hydrogen-bond acceptors (Lipinski definition) is 0. The molecule has 0 fully saturated rings. The van der Waals surface area contributed by atoms with Crippen LogP contribution in [0.2, 0.25) is 0 Å². The molecule has 0 bridgehead atoms. The van der Waals surface area contributed by atoms with Gasteiger partial charge in [0.05, 0.1) is 0 Å². The molecular weight excluding hydrogens is 319 g/mol. The monoisotopic (exact) mass is 341 g/mol. The Morgan fingerprint density at radius 2 is 1.45 bits per heavy atom. The molecular formula is C19H23Zr-3. The molecule has 0 atom stereocenters. The summed E-state index contributed by atoms with van der Waals surface area (Å²) in [4.78, 5) is 0. The van der Waals surface area contributed by atoms with E-state index in [9.17, 15) is 0 Å². The Balaban J connectivity index is 0.000000244. The molecule has 0 aromatic heterocycles. The fourth-order valence-electron chi connectivity index (χ4n) is 1.19. The molecule has 0 aromatic rings. The van der Waals surface area contributed by atoms with Crippen LogP contribution in [0.25, 0.3) is 0 Å². The van der Waals surface area contributed by atoms with Crippen LogP contribution in [0, 0.1) is 18.2 Å². The van der Waals surface area contributed by atoms with Crippen molar-refractivity contribution in [1.82, 2.24) is 0 Å². The molecule has 1 heteroatoms. The molecule has 0 spiro atoms. The van der Waals surface area contributed by atoms with Crippen LogP contribution in [0.15, 0.2) is 54.2 Å². The van der Waals surface area contributed by atoms with Gasteiger partial charge in [-0.3, -0.25) is 18.2 Å². The van der Waals surface area contributed by atoms with Gasteiger partial charge in [-0.1, -0.05) is 6.92 Å². The van der Waals surface area contributed by atoms with E-state index in [0.717, 1.165) is 19.3 Å². The first-order valence-electron chi connectivity index (χ1n) is 6.82. The third kappa shape index (κ3) is 17.2. The predicted molar refractivity (Wildman–Crippen MR) is 85.7 cm³/mol. The van der Waals surface area contributed by atoms with E-state index in [2.05, 4.69) is 63.3 Å². The average molecular weight is 343 g/mol. The van der Waals surface area contributed by atoms with Crippen LogP contribution in [0.4, 0.5) is 0 Å². The molecule has 3 rings (SSSR count). The Bertz CT molecular complexity index is 380. The van der Waals surface area contributed by atoms with Crippen molar-refractivity contribution in [2.24, 2.45) is 0 Å². The van der Waals surface area contributed by atoms with Crippen LogP contribution < -0.4 is 0 Å². The van der Waals surface area contributed by atoms with Gasteiger partial charge in [-0.2, -0.15) is 18.2 Å². The van der Waals surface area contributed by atoms with E-state index in [0.29, 0.717) is 0 Å². The Labute approximate surface area is 139 Å². The van der Waals surface area contributed by atoms with Gasteiger partial charge in [0.25, 0.3) is 0 Å². The van der Waals surface area contributed by atoms with E-state index in [1.54, 1.807) is 24.2 Å². The van der Waals surface area contributed by atoms with Crippen molar-refractivity contribution < 1.29 is 24.2 Å². The summed E-state index contributed by atoms with van der Waals surface area (Å²) in [7, 11) is 0. The summed E-state index contributed by atoms with van der Waals surface area (Å²) in [6.07, 6.45) is 28.3. The quantitative estimate of drug-likeness (QED) is 0.540. The molecule has 0 amide bonds. The Hall–Kier alpha value is -0.807. The van der Waals surface area contributed by atoms with Crippen LogP contribution in [0.1, 0.15) is 40.0 Å². The van der Waals surface area contributed by atoms with Gasteiger partial charge in [0.1, 0.15) is 0 Å². The minimum Gasteiger partial charge on any atom is -0.273 e. The van der Waals surface area contributed by atoms with E-state index >= 15 is 0 Å². The van der Waals surface area contributed by atoms with E-state index in [1.165, 1.54) is 8.78 Å². The second kappa shape index (κ2) is 14.6. The van der Waals surface area contributed by atoms with E-state index < -0.39 is 0 Å². The predicted octanol–water partition coefficient (Wildman–Crippen LogP) is 5.05. The van der Waals surface area contributed by atoms with E-state index in [1.807, 2.05) is 24.3 Å². The third-order valence-corrected chi connectivity index (χ3v) is 2.04. The van der Waals surface area contributed by atoms with Gasteiger partial charge >= 0.3 is 41.3 Å². The van der Waals surface area contributed by atoms with Gasteiger partial charge in [0.15, 0.2) is 0 Å². The summed E-state index contributed by atoms with van der Waals surface area (Å²) in [5.41, 5.74) is 1.27. The molecule has 0 saturated carbocycles. The van der Waals surface area contributed by atoms with Gasteiger partial charge in [0.2, 0.25) is 0 Å². The largest absolute Gasteiger partial charge is 0.273 e. The van der Waals surface area contributed by atoms with Gasteiger partial charge < -0.3 is 0 Å². The zero-order valence-electron chi connectivity index (χ0n) is 12.7. The fourth-order valence-corrected chi connectivity index (χ4v) is 1.19. The minimum absolute atomic E-state index is 1.01. The molecule has 0 N–H and O–H groups in total. The standard InChI is InChI=1S/C6H7.2C5H5.C3H6.Zr/c1-6-4-2-3-5-6;2*1-2-4-5-3-1;1-3-2;/h2,4H,3H2,1H3;2*1-3H,4H2;1-2H3;/q3*-1;;. The van der Waals surface area contributed by atoms with Crippen LogP contribution in [-0.4, -0.2) is 3.21 Å². The second-order valence-corrected chi connectivity index (χ2v) is 6.93. The summed E-state index contributed by atoms with van der Waals surface area (Å²) >= 11 is 1.55. The Kier molecular flexibility index (Phi) is 14.0. The van der Waals surface area contributed by atoms with Crippen molar-refractivity contribution in [3.8, 4) is 0 Å². The summed E-state index contributed by atoms with van der Waals surface area (Å²) in [6.45, 7) is 6.31. The first-order valence-corrected chi connectivity index (χ1v) is 8.05. The Morgan fingerprint density at radius 1 is 0.950 bits per heavy atom. The van der Waals surface area contributed by atoms with E-state index in [4.69, 9.17) is 0 Å². The molecule has 3 aliphatic carbocycles. The summed E-state index contributed by atoms with van der Waals surface area (Å²) in [5.74, 6) is 0.